The average Bonchev–Trinajstić information content (AvgIpc) is 2.78. The summed E-state index contributed by atoms with van der Waals surface area (Å²) in [5.74, 6) is 0. The van der Waals surface area contributed by atoms with Crippen LogP contribution in [0.5, 0.6) is 0 Å². The molecule has 2 aromatic carbocycles. The van der Waals surface area contributed by atoms with Gasteiger partial charge in [0.1, 0.15) is 0 Å². The maximum Gasteiger partial charge on any atom is 0.0953 e. The molecule has 3 rings (SSSR count). The zero-order valence-corrected chi connectivity index (χ0v) is 16.7. The van der Waals surface area contributed by atoms with Crippen molar-refractivity contribution in [1.29, 1.82) is 0 Å². The van der Waals surface area contributed by atoms with E-state index in [9.17, 15) is 5.53 Å². The Hall–Kier alpha value is -3.06. The monoisotopic (exact) mass is 408 g/mol. The molecule has 0 aromatic heterocycles. The molecule has 9 nitrogen and oxygen atoms in total. The Morgan fingerprint density at radius 3 is 1.97 bits per heavy atom. The summed E-state index contributed by atoms with van der Waals surface area (Å²) in [6.07, 6.45) is -2.06. The fourth-order valence-electron chi connectivity index (χ4n) is 3.54. The molecule has 5 atom stereocenters. The lowest BCUT2D eigenvalue weighted by Gasteiger charge is -2.43. The number of nitrogens with zero attached hydrogens (tertiary/aromatic N) is 6. The molecule has 0 aliphatic carbocycles. The van der Waals surface area contributed by atoms with E-state index in [-0.39, 0.29) is 12.6 Å². The summed E-state index contributed by atoms with van der Waals surface area (Å²) >= 11 is 0. The first kappa shape index (κ1) is 21.6. The number of hydrogen-bond donors (Lipinski definition) is 0. The summed E-state index contributed by atoms with van der Waals surface area (Å²) in [6, 6.07) is 18.8. The van der Waals surface area contributed by atoms with E-state index in [2.05, 4.69) is 20.1 Å². The third-order valence-corrected chi connectivity index (χ3v) is 4.97. The van der Waals surface area contributed by atoms with Gasteiger partial charge < -0.3 is 14.2 Å². The Morgan fingerprint density at radius 2 is 1.43 bits per heavy atom. The van der Waals surface area contributed by atoms with Gasteiger partial charge in [-0.05, 0) is 29.1 Å². The van der Waals surface area contributed by atoms with E-state index in [1.807, 2.05) is 67.6 Å². The highest BCUT2D eigenvalue weighted by molar-refractivity contribution is 5.15. The number of hydrogen-bond acceptors (Lipinski definition) is 5. The highest BCUT2D eigenvalue weighted by atomic mass is 16.6. The predicted molar refractivity (Wildman–Crippen MR) is 111 cm³/mol. The summed E-state index contributed by atoms with van der Waals surface area (Å²) in [6.45, 7) is 2.58. The van der Waals surface area contributed by atoms with Gasteiger partial charge in [0.25, 0.3) is 0 Å². The van der Waals surface area contributed by atoms with Crippen molar-refractivity contribution in [2.45, 2.75) is 50.6 Å². The van der Waals surface area contributed by atoms with Crippen molar-refractivity contribution in [1.82, 2.24) is 0 Å². The van der Waals surface area contributed by atoms with Crippen LogP contribution in [0.2, 0.25) is 0 Å². The second-order valence-corrected chi connectivity index (χ2v) is 7.01. The normalized spacial score (nSPS) is 25.7. The first-order chi connectivity index (χ1) is 14.7. The van der Waals surface area contributed by atoms with Crippen LogP contribution in [0.1, 0.15) is 18.1 Å². The quantitative estimate of drug-likeness (QED) is 0.331. The number of rotatable bonds is 9. The smallest absolute Gasteiger partial charge is 0.0953 e. The Kier molecular flexibility index (Phi) is 8.09. The van der Waals surface area contributed by atoms with Crippen LogP contribution in [0.3, 0.4) is 0 Å². The van der Waals surface area contributed by atoms with Crippen LogP contribution < -0.4 is 0 Å². The molecule has 0 N–H and O–H groups in total. The van der Waals surface area contributed by atoms with Gasteiger partial charge in [0.2, 0.25) is 0 Å². The molecule has 0 saturated carbocycles. The number of azide groups is 2. The molecule has 156 valence electrons. The first-order valence-corrected chi connectivity index (χ1v) is 9.74. The van der Waals surface area contributed by atoms with Gasteiger partial charge in [-0.3, -0.25) is 0 Å². The average molecular weight is 408 g/mol. The van der Waals surface area contributed by atoms with E-state index in [4.69, 9.17) is 19.7 Å². The van der Waals surface area contributed by atoms with Crippen LogP contribution in [0.4, 0.5) is 0 Å². The third-order valence-electron chi connectivity index (χ3n) is 4.97. The lowest BCUT2D eigenvalue weighted by atomic mass is 9.93. The van der Waals surface area contributed by atoms with E-state index in [0.29, 0.717) is 13.2 Å². The van der Waals surface area contributed by atoms with E-state index < -0.39 is 24.4 Å². The Bertz CT molecular complexity index is 884. The SMILES string of the molecule is CC1OC(CN=[N+]=[N-])C(OCc2ccccc2)C(N=[N+]=[N-])C1OCc1ccccc1. The van der Waals surface area contributed by atoms with Gasteiger partial charge in [0.15, 0.2) is 0 Å². The molecular weight excluding hydrogens is 384 g/mol. The molecule has 1 saturated heterocycles. The zero-order chi connectivity index (χ0) is 21.2. The molecule has 1 aliphatic heterocycles. The molecule has 30 heavy (non-hydrogen) atoms. The minimum absolute atomic E-state index is 0.0726. The molecule has 9 heteroatoms. The highest BCUT2D eigenvalue weighted by Gasteiger charge is 2.45. The molecule has 0 spiro atoms. The van der Waals surface area contributed by atoms with Crippen molar-refractivity contribution in [3.8, 4) is 0 Å². The molecule has 0 amide bonds. The van der Waals surface area contributed by atoms with Gasteiger partial charge in [-0.1, -0.05) is 70.9 Å². The summed E-state index contributed by atoms with van der Waals surface area (Å²) in [7, 11) is 0. The zero-order valence-electron chi connectivity index (χ0n) is 16.7. The molecular formula is C21H24N6O3. The standard InChI is InChI=1S/C21H24N6O3/c1-15-20(28-13-16-8-4-2-5-9-16)19(25-27-23)21(18(30-15)12-24-26-22)29-14-17-10-6-3-7-11-17/h2-11,15,18-21H,12-14H2,1H3. The molecule has 1 heterocycles. The third kappa shape index (κ3) is 5.73. The van der Waals surface area contributed by atoms with Crippen molar-refractivity contribution in [3.05, 3.63) is 92.7 Å². The lowest BCUT2D eigenvalue weighted by Crippen LogP contribution is -2.58. The summed E-state index contributed by atoms with van der Waals surface area (Å²) in [5, 5.41) is 7.64. The van der Waals surface area contributed by atoms with E-state index in [0.717, 1.165) is 11.1 Å². The van der Waals surface area contributed by atoms with Crippen LogP contribution in [0.15, 0.2) is 70.9 Å². The molecule has 1 fully saturated rings. The lowest BCUT2D eigenvalue weighted by molar-refractivity contribution is -0.203. The Balaban J connectivity index is 1.80. The van der Waals surface area contributed by atoms with Crippen LogP contribution >= 0.6 is 0 Å². The van der Waals surface area contributed by atoms with E-state index >= 15 is 0 Å². The van der Waals surface area contributed by atoms with Gasteiger partial charge in [-0.2, -0.15) is 0 Å². The van der Waals surface area contributed by atoms with Gasteiger partial charge in [-0.25, -0.2) is 0 Å². The fraction of sp³-hybridized carbons (Fsp3) is 0.429. The number of benzene rings is 2. The van der Waals surface area contributed by atoms with Crippen molar-refractivity contribution in [2.75, 3.05) is 6.54 Å². The van der Waals surface area contributed by atoms with Gasteiger partial charge in [-0.15, -0.1) is 0 Å². The minimum atomic E-state index is -0.634. The molecule has 1 aliphatic rings. The first-order valence-electron chi connectivity index (χ1n) is 9.74. The Labute approximate surface area is 174 Å². The van der Waals surface area contributed by atoms with Crippen LogP contribution in [0.25, 0.3) is 20.9 Å². The van der Waals surface area contributed by atoms with Crippen LogP contribution in [-0.4, -0.2) is 37.0 Å². The topological polar surface area (TPSA) is 125 Å². The second kappa shape index (κ2) is 11.2. The van der Waals surface area contributed by atoms with Gasteiger partial charge >= 0.3 is 0 Å². The minimum Gasteiger partial charge on any atom is -0.370 e. The predicted octanol–water partition coefficient (Wildman–Crippen LogP) is 4.93. The molecule has 0 bridgehead atoms. The number of ether oxygens (including phenoxy) is 3. The maximum absolute atomic E-state index is 9.20. The summed E-state index contributed by atoms with van der Waals surface area (Å²) in [5.41, 5.74) is 19.9. The Morgan fingerprint density at radius 1 is 0.867 bits per heavy atom. The van der Waals surface area contributed by atoms with E-state index in [1.54, 1.807) is 0 Å². The van der Waals surface area contributed by atoms with Gasteiger partial charge in [0.05, 0.1) is 50.2 Å². The van der Waals surface area contributed by atoms with Crippen LogP contribution in [0, 0.1) is 0 Å². The molecule has 2 aromatic rings. The van der Waals surface area contributed by atoms with Crippen molar-refractivity contribution in [2.24, 2.45) is 10.2 Å². The maximum atomic E-state index is 9.20. The largest absolute Gasteiger partial charge is 0.370 e. The molecule has 0 radical (unpaired) electrons. The van der Waals surface area contributed by atoms with Crippen molar-refractivity contribution < 1.29 is 14.2 Å². The molecule has 5 unspecified atom stereocenters. The summed E-state index contributed by atoms with van der Waals surface area (Å²) in [4.78, 5) is 5.85. The highest BCUT2D eigenvalue weighted by Crippen LogP contribution is 2.30. The van der Waals surface area contributed by atoms with Crippen LogP contribution in [-0.2, 0) is 27.4 Å². The van der Waals surface area contributed by atoms with Gasteiger partial charge in [0, 0.05) is 9.82 Å². The summed E-state index contributed by atoms with van der Waals surface area (Å²) < 4.78 is 18.3. The van der Waals surface area contributed by atoms with Crippen molar-refractivity contribution in [3.63, 3.8) is 0 Å². The fourth-order valence-corrected chi connectivity index (χ4v) is 3.54. The van der Waals surface area contributed by atoms with E-state index in [1.165, 1.54) is 0 Å². The second-order valence-electron chi connectivity index (χ2n) is 7.01. The van der Waals surface area contributed by atoms with Crippen molar-refractivity contribution >= 4 is 0 Å².